The van der Waals surface area contributed by atoms with E-state index in [-0.39, 0.29) is 18.1 Å². The first kappa shape index (κ1) is 13.7. The minimum absolute atomic E-state index is 0.0266. The molecule has 0 aliphatic heterocycles. The number of amides is 2. The van der Waals surface area contributed by atoms with E-state index < -0.39 is 5.54 Å². The van der Waals surface area contributed by atoms with Crippen molar-refractivity contribution in [2.24, 2.45) is 11.3 Å². The van der Waals surface area contributed by atoms with Gasteiger partial charge in [-0.2, -0.15) is 0 Å². The molecule has 104 valence electrons. The molecule has 0 unspecified atom stereocenters. The average molecular weight is 254 g/mol. The van der Waals surface area contributed by atoms with Gasteiger partial charge < -0.3 is 15.7 Å². The minimum atomic E-state index is -0.444. The zero-order chi connectivity index (χ0) is 13.4. The van der Waals surface area contributed by atoms with Gasteiger partial charge in [-0.3, -0.25) is 0 Å². The molecule has 0 bridgehead atoms. The fourth-order valence-electron chi connectivity index (χ4n) is 3.69. The van der Waals surface area contributed by atoms with Gasteiger partial charge in [0, 0.05) is 6.04 Å². The summed E-state index contributed by atoms with van der Waals surface area (Å²) in [7, 11) is 0. The summed E-state index contributed by atoms with van der Waals surface area (Å²) in [6.45, 7) is 6.66. The number of hydrogen-bond acceptors (Lipinski definition) is 2. The van der Waals surface area contributed by atoms with E-state index in [2.05, 4.69) is 31.4 Å². The fourth-order valence-corrected chi connectivity index (χ4v) is 3.69. The predicted molar refractivity (Wildman–Crippen MR) is 71.3 cm³/mol. The van der Waals surface area contributed by atoms with Gasteiger partial charge in [0.25, 0.3) is 0 Å². The van der Waals surface area contributed by atoms with Crippen LogP contribution in [0.1, 0.15) is 52.9 Å². The zero-order valence-electron chi connectivity index (χ0n) is 11.8. The van der Waals surface area contributed by atoms with Gasteiger partial charge in [0.05, 0.1) is 12.1 Å². The van der Waals surface area contributed by atoms with Crippen molar-refractivity contribution in [1.29, 1.82) is 0 Å². The number of hydrogen-bond donors (Lipinski definition) is 3. The molecule has 0 heterocycles. The molecule has 2 aliphatic rings. The van der Waals surface area contributed by atoms with Crippen LogP contribution >= 0.6 is 0 Å². The number of aliphatic hydroxyl groups excluding tert-OH is 1. The molecule has 2 rings (SSSR count). The second kappa shape index (κ2) is 4.72. The Kier molecular flexibility index (Phi) is 3.58. The van der Waals surface area contributed by atoms with Gasteiger partial charge in [-0.15, -0.1) is 0 Å². The van der Waals surface area contributed by atoms with Crippen LogP contribution in [0.5, 0.6) is 0 Å². The van der Waals surface area contributed by atoms with Crippen LogP contribution in [-0.2, 0) is 0 Å². The van der Waals surface area contributed by atoms with Crippen molar-refractivity contribution < 1.29 is 9.90 Å². The van der Waals surface area contributed by atoms with Gasteiger partial charge in [-0.25, -0.2) is 4.79 Å². The molecule has 2 amide bonds. The summed E-state index contributed by atoms with van der Waals surface area (Å²) in [6, 6.07) is 0.242. The Bertz CT molecular complexity index is 326. The van der Waals surface area contributed by atoms with E-state index in [4.69, 9.17) is 0 Å². The van der Waals surface area contributed by atoms with Crippen LogP contribution in [0.25, 0.3) is 0 Å². The van der Waals surface area contributed by atoms with Gasteiger partial charge in [-0.05, 0) is 43.4 Å². The molecule has 0 aromatic heterocycles. The molecule has 2 saturated carbocycles. The van der Waals surface area contributed by atoms with E-state index in [1.807, 2.05) is 0 Å². The second-order valence-electron chi connectivity index (χ2n) is 7.17. The van der Waals surface area contributed by atoms with Crippen molar-refractivity contribution >= 4 is 6.03 Å². The van der Waals surface area contributed by atoms with E-state index in [0.29, 0.717) is 12.0 Å². The highest BCUT2D eigenvalue weighted by Gasteiger charge is 2.43. The van der Waals surface area contributed by atoms with Gasteiger partial charge in [-0.1, -0.05) is 20.8 Å². The smallest absolute Gasteiger partial charge is 0.315 e. The van der Waals surface area contributed by atoms with Crippen molar-refractivity contribution in [3.8, 4) is 0 Å². The molecular formula is C14H26N2O2. The summed E-state index contributed by atoms with van der Waals surface area (Å²) >= 11 is 0. The normalized spacial score (nSPS) is 35.0. The van der Waals surface area contributed by atoms with Gasteiger partial charge in [0.2, 0.25) is 0 Å². The van der Waals surface area contributed by atoms with Crippen LogP contribution < -0.4 is 10.6 Å². The molecule has 3 N–H and O–H groups in total. The van der Waals surface area contributed by atoms with Crippen LogP contribution in [0.2, 0.25) is 0 Å². The van der Waals surface area contributed by atoms with E-state index in [1.165, 1.54) is 0 Å². The highest BCUT2D eigenvalue weighted by molar-refractivity contribution is 5.75. The maximum atomic E-state index is 11.9. The lowest BCUT2D eigenvalue weighted by Gasteiger charge is -2.47. The third-order valence-electron chi connectivity index (χ3n) is 4.05. The molecule has 0 aromatic rings. The summed E-state index contributed by atoms with van der Waals surface area (Å²) < 4.78 is 0. The summed E-state index contributed by atoms with van der Waals surface area (Å²) in [5, 5.41) is 15.7. The molecule has 0 radical (unpaired) electrons. The van der Waals surface area contributed by atoms with Crippen molar-refractivity contribution in [1.82, 2.24) is 10.6 Å². The van der Waals surface area contributed by atoms with E-state index in [0.717, 1.165) is 32.1 Å². The molecular weight excluding hydrogens is 228 g/mol. The topological polar surface area (TPSA) is 61.4 Å². The molecule has 2 aliphatic carbocycles. The highest BCUT2D eigenvalue weighted by Crippen LogP contribution is 2.43. The van der Waals surface area contributed by atoms with Crippen LogP contribution in [0.3, 0.4) is 0 Å². The zero-order valence-corrected chi connectivity index (χ0v) is 11.8. The summed E-state index contributed by atoms with van der Waals surface area (Å²) in [6.07, 6.45) is 5.04. The SMILES string of the molecule is C[C@@H]1CC(C)(C)C[C@](CO)(NC(=O)NC2CC2)C1. The Hall–Kier alpha value is -0.770. The van der Waals surface area contributed by atoms with Gasteiger partial charge >= 0.3 is 6.03 Å². The average Bonchev–Trinajstić information content (AvgIpc) is 2.97. The second-order valence-corrected chi connectivity index (χ2v) is 7.17. The molecule has 4 nitrogen and oxygen atoms in total. The Morgan fingerprint density at radius 1 is 1.33 bits per heavy atom. The summed E-state index contributed by atoms with van der Waals surface area (Å²) in [5.41, 5.74) is -0.270. The molecule has 0 spiro atoms. The lowest BCUT2D eigenvalue weighted by molar-refractivity contribution is 0.0432. The van der Waals surface area contributed by atoms with E-state index in [1.54, 1.807) is 0 Å². The summed E-state index contributed by atoms with van der Waals surface area (Å²) in [4.78, 5) is 11.9. The lowest BCUT2D eigenvalue weighted by Crippen LogP contribution is -2.59. The maximum Gasteiger partial charge on any atom is 0.315 e. The maximum absolute atomic E-state index is 11.9. The molecule has 0 aromatic carbocycles. The summed E-state index contributed by atoms with van der Waals surface area (Å²) in [5.74, 6) is 0.530. The number of urea groups is 1. The van der Waals surface area contributed by atoms with Gasteiger partial charge in [0.15, 0.2) is 0 Å². The van der Waals surface area contributed by atoms with Crippen molar-refractivity contribution in [3.63, 3.8) is 0 Å². The number of nitrogens with one attached hydrogen (secondary N) is 2. The lowest BCUT2D eigenvalue weighted by atomic mass is 9.64. The van der Waals surface area contributed by atoms with Crippen LogP contribution in [0, 0.1) is 11.3 Å². The first-order valence-corrected chi connectivity index (χ1v) is 7.04. The molecule has 18 heavy (non-hydrogen) atoms. The third-order valence-corrected chi connectivity index (χ3v) is 4.05. The number of aliphatic hydroxyl groups is 1. The van der Waals surface area contributed by atoms with Crippen LogP contribution in [0.4, 0.5) is 4.79 Å². The number of rotatable bonds is 3. The fraction of sp³-hybridized carbons (Fsp3) is 0.929. The Morgan fingerprint density at radius 3 is 2.50 bits per heavy atom. The van der Waals surface area contributed by atoms with Gasteiger partial charge in [0.1, 0.15) is 0 Å². The van der Waals surface area contributed by atoms with E-state index in [9.17, 15) is 9.90 Å². The molecule has 0 saturated heterocycles. The Balaban J connectivity index is 2.01. The first-order chi connectivity index (χ1) is 8.34. The molecule has 2 fully saturated rings. The highest BCUT2D eigenvalue weighted by atomic mass is 16.3. The molecule has 2 atom stereocenters. The monoisotopic (exact) mass is 254 g/mol. The largest absolute Gasteiger partial charge is 0.394 e. The first-order valence-electron chi connectivity index (χ1n) is 7.04. The van der Waals surface area contributed by atoms with Crippen molar-refractivity contribution in [3.05, 3.63) is 0 Å². The van der Waals surface area contributed by atoms with Crippen LogP contribution in [-0.4, -0.2) is 29.3 Å². The molecule has 4 heteroatoms. The predicted octanol–water partition coefficient (Wildman–Crippen LogP) is 2.03. The van der Waals surface area contributed by atoms with Crippen molar-refractivity contribution in [2.45, 2.75) is 64.5 Å². The van der Waals surface area contributed by atoms with E-state index >= 15 is 0 Å². The Labute approximate surface area is 110 Å². The van der Waals surface area contributed by atoms with Crippen molar-refractivity contribution in [2.75, 3.05) is 6.61 Å². The van der Waals surface area contributed by atoms with Crippen LogP contribution in [0.15, 0.2) is 0 Å². The minimum Gasteiger partial charge on any atom is -0.394 e. The quantitative estimate of drug-likeness (QED) is 0.721. The standard InChI is InChI=1S/C14H26N2O2/c1-10-6-13(2,3)8-14(7-10,9-17)16-12(18)15-11-4-5-11/h10-11,17H,4-9H2,1-3H3,(H2,15,16,18)/t10-,14-/m1/s1. The number of carbonyl (C=O) groups is 1. The Morgan fingerprint density at radius 2 is 2.00 bits per heavy atom. The number of carbonyl (C=O) groups excluding carboxylic acids is 1. The third kappa shape index (κ3) is 3.37.